The Hall–Kier alpha value is -1.09. The lowest BCUT2D eigenvalue weighted by Crippen LogP contribution is -2.35. The van der Waals surface area contributed by atoms with Gasteiger partial charge < -0.3 is 10.1 Å². The van der Waals surface area contributed by atoms with E-state index in [1.165, 1.54) is 31.2 Å². The normalized spacial score (nSPS) is 23.6. The highest BCUT2D eigenvalue weighted by molar-refractivity contribution is 5.17. The molecule has 1 aliphatic carbocycles. The van der Waals surface area contributed by atoms with E-state index in [4.69, 9.17) is 4.74 Å². The number of aromatic nitrogens is 1. The minimum atomic E-state index is 0.463. The molecule has 0 bridgehead atoms. The molecule has 1 fully saturated rings. The van der Waals surface area contributed by atoms with E-state index in [9.17, 15) is 0 Å². The number of hydrogen-bond donors (Lipinski definition) is 1. The summed E-state index contributed by atoms with van der Waals surface area (Å²) in [5, 5.41) is 3.67. The van der Waals surface area contributed by atoms with Crippen molar-refractivity contribution in [2.45, 2.75) is 59.0 Å². The summed E-state index contributed by atoms with van der Waals surface area (Å²) in [5.74, 6) is 1.56. The maximum Gasteiger partial charge on any atom is 0.212 e. The Morgan fingerprint density at radius 3 is 2.40 bits per heavy atom. The minimum absolute atomic E-state index is 0.463. The molecule has 3 heteroatoms. The van der Waals surface area contributed by atoms with Gasteiger partial charge in [-0.2, -0.15) is 0 Å². The van der Waals surface area contributed by atoms with Crippen LogP contribution in [0.25, 0.3) is 0 Å². The first kappa shape index (κ1) is 15.3. The zero-order chi connectivity index (χ0) is 14.6. The van der Waals surface area contributed by atoms with Gasteiger partial charge in [0.1, 0.15) is 0 Å². The van der Waals surface area contributed by atoms with Gasteiger partial charge in [-0.05, 0) is 42.6 Å². The molecule has 1 saturated carbocycles. The lowest BCUT2D eigenvalue weighted by molar-refractivity contribution is 0.160. The molecule has 0 aliphatic heterocycles. The minimum Gasteiger partial charge on any atom is -0.481 e. The Morgan fingerprint density at radius 2 is 1.90 bits per heavy atom. The third-order valence-corrected chi connectivity index (χ3v) is 4.55. The summed E-state index contributed by atoms with van der Waals surface area (Å²) < 4.78 is 5.08. The van der Waals surface area contributed by atoms with E-state index < -0.39 is 0 Å². The van der Waals surface area contributed by atoms with E-state index in [-0.39, 0.29) is 0 Å². The van der Waals surface area contributed by atoms with Crippen molar-refractivity contribution in [2.75, 3.05) is 7.11 Å². The van der Waals surface area contributed by atoms with Crippen LogP contribution in [-0.2, 0) is 6.54 Å². The number of methoxy groups -OCH3 is 1. The zero-order valence-electron chi connectivity index (χ0n) is 13.3. The maximum atomic E-state index is 5.08. The van der Waals surface area contributed by atoms with Crippen molar-refractivity contribution in [1.82, 2.24) is 10.3 Å². The Labute approximate surface area is 123 Å². The van der Waals surface area contributed by atoms with Crippen LogP contribution in [-0.4, -0.2) is 18.1 Å². The van der Waals surface area contributed by atoms with E-state index in [0.29, 0.717) is 17.3 Å². The number of nitrogens with one attached hydrogen (secondary N) is 1. The van der Waals surface area contributed by atoms with Crippen molar-refractivity contribution in [2.24, 2.45) is 11.3 Å². The van der Waals surface area contributed by atoms with Gasteiger partial charge in [0.05, 0.1) is 7.11 Å². The summed E-state index contributed by atoms with van der Waals surface area (Å²) in [6, 6.07) is 4.67. The van der Waals surface area contributed by atoms with Gasteiger partial charge in [0.15, 0.2) is 0 Å². The van der Waals surface area contributed by atoms with Crippen LogP contribution in [0.2, 0.25) is 0 Å². The highest BCUT2D eigenvalue weighted by atomic mass is 16.5. The van der Waals surface area contributed by atoms with Crippen LogP contribution >= 0.6 is 0 Å². The molecule has 1 aromatic heterocycles. The van der Waals surface area contributed by atoms with Crippen LogP contribution in [0.15, 0.2) is 18.3 Å². The molecule has 1 heterocycles. The van der Waals surface area contributed by atoms with Gasteiger partial charge in [-0.15, -0.1) is 0 Å². The fourth-order valence-electron chi connectivity index (χ4n) is 3.06. The molecule has 1 N–H and O–H groups in total. The third kappa shape index (κ3) is 4.20. The fourth-order valence-corrected chi connectivity index (χ4v) is 3.06. The molecular formula is C17H28N2O. The Morgan fingerprint density at radius 1 is 1.20 bits per heavy atom. The molecule has 112 valence electrons. The fraction of sp³-hybridized carbons (Fsp3) is 0.706. The van der Waals surface area contributed by atoms with E-state index in [2.05, 4.69) is 37.1 Å². The summed E-state index contributed by atoms with van der Waals surface area (Å²) in [4.78, 5) is 4.24. The largest absolute Gasteiger partial charge is 0.481 e. The van der Waals surface area contributed by atoms with Crippen LogP contribution in [0.3, 0.4) is 0 Å². The van der Waals surface area contributed by atoms with Gasteiger partial charge in [0.2, 0.25) is 5.88 Å². The van der Waals surface area contributed by atoms with E-state index >= 15 is 0 Å². The summed E-state index contributed by atoms with van der Waals surface area (Å²) in [6.07, 6.45) is 7.19. The average molecular weight is 276 g/mol. The Balaban J connectivity index is 1.75. The molecule has 0 saturated heterocycles. The van der Waals surface area contributed by atoms with Gasteiger partial charge in [-0.1, -0.05) is 26.8 Å². The lowest BCUT2D eigenvalue weighted by atomic mass is 9.71. The topological polar surface area (TPSA) is 34.1 Å². The molecule has 0 atom stereocenters. The second kappa shape index (κ2) is 6.57. The average Bonchev–Trinajstić information content (AvgIpc) is 2.45. The number of ether oxygens (including phenoxy) is 1. The molecule has 0 spiro atoms. The van der Waals surface area contributed by atoms with E-state index in [0.717, 1.165) is 12.5 Å². The van der Waals surface area contributed by atoms with Gasteiger partial charge >= 0.3 is 0 Å². The van der Waals surface area contributed by atoms with Gasteiger partial charge in [-0.3, -0.25) is 0 Å². The summed E-state index contributed by atoms with van der Waals surface area (Å²) >= 11 is 0. The monoisotopic (exact) mass is 276 g/mol. The second-order valence-corrected chi connectivity index (χ2v) is 7.00. The predicted octanol–water partition coefficient (Wildman–Crippen LogP) is 3.78. The lowest BCUT2D eigenvalue weighted by Gasteiger charge is -2.37. The number of nitrogens with zero attached hydrogens (tertiary/aromatic N) is 1. The van der Waals surface area contributed by atoms with Crippen molar-refractivity contribution in [3.63, 3.8) is 0 Å². The molecular weight excluding hydrogens is 248 g/mol. The van der Waals surface area contributed by atoms with Crippen molar-refractivity contribution in [3.8, 4) is 5.88 Å². The highest BCUT2D eigenvalue weighted by Crippen LogP contribution is 2.37. The zero-order valence-corrected chi connectivity index (χ0v) is 13.3. The predicted molar refractivity (Wildman–Crippen MR) is 82.8 cm³/mol. The van der Waals surface area contributed by atoms with Crippen LogP contribution in [0, 0.1) is 11.3 Å². The van der Waals surface area contributed by atoms with Crippen molar-refractivity contribution in [3.05, 3.63) is 23.9 Å². The molecule has 0 amide bonds. The molecule has 0 aromatic carbocycles. The third-order valence-electron chi connectivity index (χ3n) is 4.55. The molecule has 1 aromatic rings. The molecule has 2 rings (SSSR count). The van der Waals surface area contributed by atoms with Crippen molar-refractivity contribution >= 4 is 0 Å². The van der Waals surface area contributed by atoms with E-state index in [1.54, 1.807) is 7.11 Å². The number of pyridine rings is 1. The number of rotatable bonds is 4. The van der Waals surface area contributed by atoms with Crippen molar-refractivity contribution in [1.29, 1.82) is 0 Å². The molecule has 0 unspecified atom stereocenters. The molecule has 0 radical (unpaired) electrons. The first-order chi connectivity index (χ1) is 9.49. The summed E-state index contributed by atoms with van der Waals surface area (Å²) in [5.41, 5.74) is 1.69. The second-order valence-electron chi connectivity index (χ2n) is 7.00. The van der Waals surface area contributed by atoms with Crippen molar-refractivity contribution < 1.29 is 4.74 Å². The standard InChI is InChI=1S/C17H28N2O/c1-17(2,3)14-6-8-15(9-7-14)18-11-13-5-10-16(20-4)19-12-13/h5,10,12,14-15,18H,6-9,11H2,1-4H3. The first-order valence-corrected chi connectivity index (χ1v) is 7.71. The maximum absolute atomic E-state index is 5.08. The van der Waals surface area contributed by atoms with Crippen LogP contribution in [0.4, 0.5) is 0 Å². The SMILES string of the molecule is COc1ccc(CNC2CCC(C(C)(C)C)CC2)cn1. The number of hydrogen-bond acceptors (Lipinski definition) is 3. The van der Waals surface area contributed by atoms with Crippen LogP contribution < -0.4 is 10.1 Å². The van der Waals surface area contributed by atoms with Gasteiger partial charge in [-0.25, -0.2) is 4.98 Å². The molecule has 20 heavy (non-hydrogen) atoms. The van der Waals surface area contributed by atoms with E-state index in [1.807, 2.05) is 12.3 Å². The quantitative estimate of drug-likeness (QED) is 0.908. The Kier molecular flexibility index (Phi) is 5.03. The smallest absolute Gasteiger partial charge is 0.212 e. The van der Waals surface area contributed by atoms with Crippen LogP contribution in [0.5, 0.6) is 5.88 Å². The summed E-state index contributed by atoms with van der Waals surface area (Å²) in [6.45, 7) is 8.01. The first-order valence-electron chi connectivity index (χ1n) is 7.71. The summed E-state index contributed by atoms with van der Waals surface area (Å²) in [7, 11) is 1.65. The van der Waals surface area contributed by atoms with Gasteiger partial charge in [0, 0.05) is 24.8 Å². The molecule has 3 nitrogen and oxygen atoms in total. The van der Waals surface area contributed by atoms with Crippen LogP contribution in [0.1, 0.15) is 52.0 Å². The highest BCUT2D eigenvalue weighted by Gasteiger charge is 2.29. The Bertz CT molecular complexity index is 400. The molecule has 1 aliphatic rings. The van der Waals surface area contributed by atoms with Gasteiger partial charge in [0.25, 0.3) is 0 Å².